The van der Waals surface area contributed by atoms with Crippen LogP contribution in [0.25, 0.3) is 10.9 Å². The Kier molecular flexibility index (Phi) is 4.04. The predicted octanol–water partition coefficient (Wildman–Crippen LogP) is 3.03. The average Bonchev–Trinajstić information content (AvgIpc) is 2.91. The molecular weight excluding hydrogens is 262 g/mol. The lowest BCUT2D eigenvalue weighted by Crippen LogP contribution is -2.31. The fourth-order valence-corrected chi connectivity index (χ4v) is 2.91. The van der Waals surface area contributed by atoms with Crippen molar-refractivity contribution in [2.45, 2.75) is 39.3 Å². The first-order valence-electron chi connectivity index (χ1n) is 7.66. The molecule has 21 heavy (non-hydrogen) atoms. The van der Waals surface area contributed by atoms with Crippen LogP contribution in [0.15, 0.2) is 36.4 Å². The normalized spacial score (nSPS) is 18.0. The SMILES string of the molecule is CCn1nc(CNC(=O)C2CC=CCC2)c2ccccc21. The monoisotopic (exact) mass is 283 g/mol. The molecule has 0 fully saturated rings. The Morgan fingerprint density at radius 3 is 3.00 bits per heavy atom. The van der Waals surface area contributed by atoms with Crippen molar-refractivity contribution >= 4 is 16.8 Å². The summed E-state index contributed by atoms with van der Waals surface area (Å²) in [6, 6.07) is 8.18. The highest BCUT2D eigenvalue weighted by Crippen LogP contribution is 2.20. The van der Waals surface area contributed by atoms with Gasteiger partial charge in [0.1, 0.15) is 0 Å². The van der Waals surface area contributed by atoms with E-state index in [4.69, 9.17) is 0 Å². The van der Waals surface area contributed by atoms with Crippen LogP contribution < -0.4 is 5.32 Å². The number of hydrogen-bond donors (Lipinski definition) is 1. The number of hydrogen-bond acceptors (Lipinski definition) is 2. The Morgan fingerprint density at radius 1 is 1.38 bits per heavy atom. The summed E-state index contributed by atoms with van der Waals surface area (Å²) >= 11 is 0. The minimum Gasteiger partial charge on any atom is -0.350 e. The van der Waals surface area contributed by atoms with E-state index in [0.717, 1.165) is 42.4 Å². The number of benzene rings is 1. The molecule has 4 heteroatoms. The maximum Gasteiger partial charge on any atom is 0.223 e. The highest BCUT2D eigenvalue weighted by atomic mass is 16.1. The molecule has 1 atom stereocenters. The van der Waals surface area contributed by atoms with E-state index in [1.807, 2.05) is 16.8 Å². The quantitative estimate of drug-likeness (QED) is 0.877. The number of nitrogens with one attached hydrogen (secondary N) is 1. The lowest BCUT2D eigenvalue weighted by Gasteiger charge is -2.16. The highest BCUT2D eigenvalue weighted by molar-refractivity contribution is 5.83. The standard InChI is InChI=1S/C17H21N3O/c1-2-20-16-11-7-6-10-14(16)15(19-20)12-18-17(21)13-8-4-3-5-9-13/h3-4,6-7,10-11,13H,2,5,8-9,12H2,1H3,(H,18,21). The van der Waals surface area contributed by atoms with Crippen LogP contribution in [0.5, 0.6) is 0 Å². The molecule has 0 bridgehead atoms. The number of aromatic nitrogens is 2. The molecule has 4 nitrogen and oxygen atoms in total. The van der Waals surface area contributed by atoms with Gasteiger partial charge in [0.25, 0.3) is 0 Å². The van der Waals surface area contributed by atoms with Gasteiger partial charge in [-0.25, -0.2) is 0 Å². The van der Waals surface area contributed by atoms with Crippen LogP contribution in [0.1, 0.15) is 31.9 Å². The molecule has 3 rings (SSSR count). The van der Waals surface area contributed by atoms with Crippen LogP contribution in [0.3, 0.4) is 0 Å². The zero-order chi connectivity index (χ0) is 14.7. The molecule has 0 radical (unpaired) electrons. The summed E-state index contributed by atoms with van der Waals surface area (Å²) in [5.41, 5.74) is 2.08. The van der Waals surface area contributed by atoms with Crippen LogP contribution in [0.2, 0.25) is 0 Å². The molecule has 1 unspecified atom stereocenters. The molecule has 0 saturated carbocycles. The van der Waals surface area contributed by atoms with Crippen LogP contribution in [0.4, 0.5) is 0 Å². The topological polar surface area (TPSA) is 46.9 Å². The van der Waals surface area contributed by atoms with Gasteiger partial charge in [0, 0.05) is 17.8 Å². The summed E-state index contributed by atoms with van der Waals surface area (Å²) in [7, 11) is 0. The smallest absolute Gasteiger partial charge is 0.223 e. The Bertz CT molecular complexity index is 672. The van der Waals surface area contributed by atoms with Crippen LogP contribution in [-0.2, 0) is 17.9 Å². The Hall–Kier alpha value is -2.10. The number of carbonyl (C=O) groups excluding carboxylic acids is 1. The largest absolute Gasteiger partial charge is 0.350 e. The minimum atomic E-state index is 0.120. The number of rotatable bonds is 4. The number of aryl methyl sites for hydroxylation is 1. The zero-order valence-electron chi connectivity index (χ0n) is 12.4. The van der Waals surface area contributed by atoms with E-state index in [0.29, 0.717) is 6.54 Å². The fraction of sp³-hybridized carbons (Fsp3) is 0.412. The van der Waals surface area contributed by atoms with Crippen molar-refractivity contribution in [3.8, 4) is 0 Å². The Morgan fingerprint density at radius 2 is 2.24 bits per heavy atom. The third-order valence-electron chi connectivity index (χ3n) is 4.10. The number of fused-ring (bicyclic) bond motifs is 1. The van der Waals surface area contributed by atoms with Gasteiger partial charge < -0.3 is 5.32 Å². The molecule has 0 aliphatic heterocycles. The molecule has 0 spiro atoms. The van der Waals surface area contributed by atoms with Gasteiger partial charge in [0.05, 0.1) is 17.8 Å². The van der Waals surface area contributed by atoms with E-state index in [1.54, 1.807) is 0 Å². The summed E-state index contributed by atoms with van der Waals surface area (Å²) in [5, 5.41) is 8.79. The minimum absolute atomic E-state index is 0.120. The average molecular weight is 283 g/mol. The molecule has 1 N–H and O–H groups in total. The number of para-hydroxylation sites is 1. The van der Waals surface area contributed by atoms with Crippen molar-refractivity contribution in [2.75, 3.05) is 0 Å². The van der Waals surface area contributed by atoms with Crippen LogP contribution in [0, 0.1) is 5.92 Å². The molecule has 1 aromatic carbocycles. The molecule has 0 saturated heterocycles. The number of nitrogens with zero attached hydrogens (tertiary/aromatic N) is 2. The number of carbonyl (C=O) groups is 1. The lowest BCUT2D eigenvalue weighted by atomic mass is 9.94. The summed E-state index contributed by atoms with van der Waals surface area (Å²) < 4.78 is 1.99. The summed E-state index contributed by atoms with van der Waals surface area (Å²) in [6.07, 6.45) is 7.07. The second kappa shape index (κ2) is 6.12. The third kappa shape index (κ3) is 2.84. The lowest BCUT2D eigenvalue weighted by molar-refractivity contribution is -0.125. The zero-order valence-corrected chi connectivity index (χ0v) is 12.4. The summed E-state index contributed by atoms with van der Waals surface area (Å²) in [4.78, 5) is 12.2. The van der Waals surface area contributed by atoms with Gasteiger partial charge >= 0.3 is 0 Å². The van der Waals surface area contributed by atoms with E-state index < -0.39 is 0 Å². The van der Waals surface area contributed by atoms with Gasteiger partial charge in [-0.1, -0.05) is 30.4 Å². The first kappa shape index (κ1) is 13.9. The van der Waals surface area contributed by atoms with Gasteiger partial charge in [-0.3, -0.25) is 9.48 Å². The van der Waals surface area contributed by atoms with Crippen LogP contribution >= 0.6 is 0 Å². The molecule has 2 aromatic rings. The van der Waals surface area contributed by atoms with Crippen molar-refractivity contribution < 1.29 is 4.79 Å². The Labute approximate surface area is 124 Å². The number of amides is 1. The van der Waals surface area contributed by atoms with Gasteiger partial charge in [-0.05, 0) is 32.3 Å². The molecule has 1 amide bonds. The number of allylic oxidation sites excluding steroid dienone is 2. The Balaban J connectivity index is 1.73. The van der Waals surface area contributed by atoms with Gasteiger partial charge in [0.2, 0.25) is 5.91 Å². The second-order valence-corrected chi connectivity index (χ2v) is 5.48. The molecule has 1 heterocycles. The van der Waals surface area contributed by atoms with Crippen molar-refractivity contribution in [1.82, 2.24) is 15.1 Å². The molecule has 1 aliphatic carbocycles. The maximum atomic E-state index is 12.2. The first-order valence-corrected chi connectivity index (χ1v) is 7.66. The highest BCUT2D eigenvalue weighted by Gasteiger charge is 2.19. The molecular formula is C17H21N3O. The van der Waals surface area contributed by atoms with Crippen molar-refractivity contribution in [3.05, 3.63) is 42.1 Å². The van der Waals surface area contributed by atoms with Gasteiger partial charge in [-0.15, -0.1) is 0 Å². The van der Waals surface area contributed by atoms with E-state index in [9.17, 15) is 4.79 Å². The first-order chi connectivity index (χ1) is 10.3. The van der Waals surface area contributed by atoms with E-state index >= 15 is 0 Å². The third-order valence-corrected chi connectivity index (χ3v) is 4.10. The van der Waals surface area contributed by atoms with E-state index in [1.165, 1.54) is 0 Å². The fourth-order valence-electron chi connectivity index (χ4n) is 2.91. The summed E-state index contributed by atoms with van der Waals surface area (Å²) in [6.45, 7) is 3.42. The summed E-state index contributed by atoms with van der Waals surface area (Å²) in [5.74, 6) is 0.268. The van der Waals surface area contributed by atoms with Gasteiger partial charge in [-0.2, -0.15) is 5.10 Å². The molecule has 110 valence electrons. The second-order valence-electron chi connectivity index (χ2n) is 5.48. The van der Waals surface area contributed by atoms with Gasteiger partial charge in [0.15, 0.2) is 0 Å². The molecule has 1 aliphatic rings. The van der Waals surface area contributed by atoms with E-state index in [2.05, 4.69) is 41.6 Å². The maximum absolute atomic E-state index is 12.2. The van der Waals surface area contributed by atoms with Crippen molar-refractivity contribution in [1.29, 1.82) is 0 Å². The van der Waals surface area contributed by atoms with Crippen molar-refractivity contribution in [3.63, 3.8) is 0 Å². The molecule has 1 aromatic heterocycles. The predicted molar refractivity (Wildman–Crippen MR) is 83.7 cm³/mol. The van der Waals surface area contributed by atoms with Crippen LogP contribution in [-0.4, -0.2) is 15.7 Å². The van der Waals surface area contributed by atoms with E-state index in [-0.39, 0.29) is 11.8 Å². The van der Waals surface area contributed by atoms with Crippen molar-refractivity contribution in [2.24, 2.45) is 5.92 Å².